The number of phenolic OH excluding ortho intramolecular Hbond substituents is 1. The van der Waals surface area contributed by atoms with E-state index in [1.165, 1.54) is 19.3 Å². The van der Waals surface area contributed by atoms with Crippen molar-refractivity contribution in [3.05, 3.63) is 124 Å². The van der Waals surface area contributed by atoms with E-state index < -0.39 is 11.8 Å². The Balaban J connectivity index is 0.918. The van der Waals surface area contributed by atoms with Gasteiger partial charge in [0.1, 0.15) is 17.3 Å². The zero-order valence-corrected chi connectivity index (χ0v) is 36.1. The molecule has 0 saturated heterocycles. The molecule has 0 aromatic heterocycles. The topological polar surface area (TPSA) is 245 Å². The molecule has 1 heterocycles. The van der Waals surface area contributed by atoms with Gasteiger partial charge in [0.2, 0.25) is 11.8 Å². The quantitative estimate of drug-likeness (QED) is 0.0197. The maximum atomic E-state index is 13.0. The standard InChI is InChI=1S/C47H55N9O8/c1-3-23-56-40-29-32(9-12-35(40)31-42(56)53-46(61)37-8-4-7-36(30-37)44(48)59)11-18-43(58)50-20-5-24-63-26-27-64-25-6-21-51-45(60)34-13-15-38(16-14-34)54-55-39-28-33(10-17-41(39)57)19-22-52-47(49)62-2/h4,7-18,28-30,57H,3,5-6,19-27,31H2,1-2H3,(H2,48,59)(H2,49,52)(H,50,58)(H,51,60)/b18-11+,53-42?,55-54?. The number of aromatic hydroxyl groups is 1. The number of nitrogens with one attached hydrogen (secondary N) is 2. The highest BCUT2D eigenvalue weighted by Gasteiger charge is 2.26. The van der Waals surface area contributed by atoms with E-state index in [0.717, 1.165) is 28.8 Å². The molecule has 0 unspecified atom stereocenters. The molecule has 17 nitrogen and oxygen atoms in total. The van der Waals surface area contributed by atoms with Crippen LogP contribution >= 0.6 is 0 Å². The Morgan fingerprint density at radius 1 is 0.828 bits per heavy atom. The van der Waals surface area contributed by atoms with Crippen molar-refractivity contribution in [3.8, 4) is 5.75 Å². The molecule has 4 aromatic carbocycles. The van der Waals surface area contributed by atoms with Gasteiger partial charge in [0.25, 0.3) is 17.8 Å². The summed E-state index contributed by atoms with van der Waals surface area (Å²) in [7, 11) is 1.45. The summed E-state index contributed by atoms with van der Waals surface area (Å²) < 4.78 is 16.1. The highest BCUT2D eigenvalue weighted by Crippen LogP contribution is 2.32. The number of aliphatic imine (C=N–C) groups is 2. The zero-order valence-electron chi connectivity index (χ0n) is 36.1. The molecular formula is C47H55N9O8. The fraction of sp³-hybridized carbons (Fsp3) is 0.319. The number of azo groups is 1. The number of anilines is 1. The molecule has 0 spiro atoms. The second-order valence-electron chi connectivity index (χ2n) is 14.6. The number of carbonyl (C=O) groups excluding carboxylic acids is 4. The lowest BCUT2D eigenvalue weighted by Gasteiger charge is -2.19. The second-order valence-corrected chi connectivity index (χ2v) is 14.6. The number of fused-ring (bicyclic) bond motifs is 1. The molecule has 4 amide bonds. The lowest BCUT2D eigenvalue weighted by molar-refractivity contribution is -0.116. The molecule has 1 aliphatic heterocycles. The molecule has 0 aliphatic carbocycles. The molecule has 17 heteroatoms. The van der Waals surface area contributed by atoms with Gasteiger partial charge in [0, 0.05) is 74.3 Å². The Bertz CT molecular complexity index is 2360. The van der Waals surface area contributed by atoms with Crippen molar-refractivity contribution in [3.63, 3.8) is 0 Å². The van der Waals surface area contributed by atoms with E-state index >= 15 is 0 Å². The molecule has 0 bridgehead atoms. The van der Waals surface area contributed by atoms with Gasteiger partial charge in [0.05, 0.1) is 26.0 Å². The Morgan fingerprint density at radius 2 is 1.56 bits per heavy atom. The van der Waals surface area contributed by atoms with Crippen molar-refractivity contribution in [1.29, 1.82) is 0 Å². The van der Waals surface area contributed by atoms with Crippen molar-refractivity contribution in [2.24, 2.45) is 31.7 Å². The largest absolute Gasteiger partial charge is 0.506 e. The number of nitrogens with two attached hydrogens (primary N) is 2. The third kappa shape index (κ3) is 15.0. The van der Waals surface area contributed by atoms with Crippen molar-refractivity contribution < 1.29 is 38.5 Å². The number of hydrogen-bond acceptors (Lipinski definition) is 11. The number of rotatable bonds is 23. The third-order valence-corrected chi connectivity index (χ3v) is 9.77. The van der Waals surface area contributed by atoms with Crippen molar-refractivity contribution in [2.75, 3.05) is 64.6 Å². The van der Waals surface area contributed by atoms with E-state index in [2.05, 4.69) is 30.8 Å². The Labute approximate surface area is 372 Å². The average Bonchev–Trinajstić information content (AvgIpc) is 3.64. The fourth-order valence-corrected chi connectivity index (χ4v) is 6.42. The van der Waals surface area contributed by atoms with Gasteiger partial charge in [-0.15, -0.1) is 5.11 Å². The predicted molar refractivity (Wildman–Crippen MR) is 246 cm³/mol. The lowest BCUT2D eigenvalue weighted by atomic mass is 10.1. The molecule has 64 heavy (non-hydrogen) atoms. The molecule has 1 aliphatic rings. The van der Waals surface area contributed by atoms with Crippen LogP contribution in [-0.2, 0) is 31.8 Å². The summed E-state index contributed by atoms with van der Waals surface area (Å²) in [5.41, 5.74) is 16.5. The second kappa shape index (κ2) is 25.0. The van der Waals surface area contributed by atoms with Crippen LogP contribution in [0.25, 0.3) is 6.08 Å². The van der Waals surface area contributed by atoms with Gasteiger partial charge in [-0.05, 0) is 109 Å². The fourth-order valence-electron chi connectivity index (χ4n) is 6.42. The highest BCUT2D eigenvalue weighted by molar-refractivity contribution is 6.13. The van der Waals surface area contributed by atoms with Crippen LogP contribution in [-0.4, -0.2) is 100 Å². The first-order valence-electron chi connectivity index (χ1n) is 21.0. The van der Waals surface area contributed by atoms with Gasteiger partial charge < -0.3 is 46.3 Å². The van der Waals surface area contributed by atoms with Crippen molar-refractivity contribution in [1.82, 2.24) is 10.6 Å². The van der Waals surface area contributed by atoms with Gasteiger partial charge in [-0.3, -0.25) is 19.2 Å². The molecule has 5 rings (SSSR count). The van der Waals surface area contributed by atoms with Gasteiger partial charge >= 0.3 is 0 Å². The average molecular weight is 874 g/mol. The van der Waals surface area contributed by atoms with E-state index in [1.54, 1.807) is 66.7 Å². The van der Waals surface area contributed by atoms with Crippen LogP contribution in [0.15, 0.2) is 111 Å². The number of nitrogens with zero attached hydrogens (tertiary/aromatic N) is 5. The first-order chi connectivity index (χ1) is 31.0. The highest BCUT2D eigenvalue weighted by atomic mass is 16.5. The molecule has 0 atom stereocenters. The lowest BCUT2D eigenvalue weighted by Crippen LogP contribution is -2.28. The minimum Gasteiger partial charge on any atom is -0.506 e. The van der Waals surface area contributed by atoms with Crippen LogP contribution in [0.2, 0.25) is 0 Å². The van der Waals surface area contributed by atoms with E-state index in [-0.39, 0.29) is 29.1 Å². The molecule has 7 N–H and O–H groups in total. The summed E-state index contributed by atoms with van der Waals surface area (Å²) in [4.78, 5) is 60.2. The van der Waals surface area contributed by atoms with Crippen LogP contribution in [0.3, 0.4) is 0 Å². The minimum absolute atomic E-state index is 0.00802. The van der Waals surface area contributed by atoms with Crippen LogP contribution in [0.4, 0.5) is 17.1 Å². The third-order valence-electron chi connectivity index (χ3n) is 9.77. The van der Waals surface area contributed by atoms with Crippen LogP contribution in [0.1, 0.15) is 74.0 Å². The number of amidine groups is 2. The summed E-state index contributed by atoms with van der Waals surface area (Å²) in [5.74, 6) is -0.885. The predicted octanol–water partition coefficient (Wildman–Crippen LogP) is 5.79. The van der Waals surface area contributed by atoms with E-state index in [9.17, 15) is 24.3 Å². The SMILES string of the molecule is CCCN1C(=NC(=O)c2cccc(C(N)=O)c2)Cc2ccc(/C=C/C(=O)NCCCOCCOCCCNC(=O)c3ccc(N=Nc4cc(CCN=C(N)OC)ccc4O)cc3)cc21. The first-order valence-corrected chi connectivity index (χ1v) is 21.0. The number of ether oxygens (including phenoxy) is 3. The number of methoxy groups -OCH3 is 1. The number of hydrogen-bond donors (Lipinski definition) is 5. The monoisotopic (exact) mass is 873 g/mol. The van der Waals surface area contributed by atoms with Crippen LogP contribution in [0.5, 0.6) is 5.75 Å². The maximum Gasteiger partial charge on any atom is 0.281 e. The summed E-state index contributed by atoms with van der Waals surface area (Å²) in [6.45, 7) is 5.75. The van der Waals surface area contributed by atoms with Gasteiger partial charge in [-0.1, -0.05) is 31.2 Å². The smallest absolute Gasteiger partial charge is 0.281 e. The molecule has 0 saturated carbocycles. The molecule has 336 valence electrons. The number of amides is 4. The van der Waals surface area contributed by atoms with Crippen molar-refractivity contribution in [2.45, 2.75) is 39.0 Å². The molecule has 0 fully saturated rings. The Morgan fingerprint density at radius 3 is 2.28 bits per heavy atom. The molecule has 0 radical (unpaired) electrons. The van der Waals surface area contributed by atoms with E-state index in [1.807, 2.05) is 30.0 Å². The molecule has 4 aromatic rings. The number of benzene rings is 4. The summed E-state index contributed by atoms with van der Waals surface area (Å²) in [6, 6.07) is 23.9. The zero-order chi connectivity index (χ0) is 45.7. The van der Waals surface area contributed by atoms with E-state index in [4.69, 9.17) is 25.7 Å². The van der Waals surface area contributed by atoms with Gasteiger partial charge in [-0.2, -0.15) is 10.1 Å². The first kappa shape index (κ1) is 47.8. The van der Waals surface area contributed by atoms with Crippen molar-refractivity contribution >= 4 is 58.6 Å². The minimum atomic E-state index is -0.611. The van der Waals surface area contributed by atoms with E-state index in [0.29, 0.717) is 107 Å². The summed E-state index contributed by atoms with van der Waals surface area (Å²) in [6.07, 6.45) is 6.39. The van der Waals surface area contributed by atoms with Crippen LogP contribution in [0, 0.1) is 0 Å². The number of phenols is 1. The van der Waals surface area contributed by atoms with Gasteiger partial charge in [0.15, 0.2) is 0 Å². The maximum absolute atomic E-state index is 13.0. The molecular weight excluding hydrogens is 819 g/mol. The Hall–Kier alpha value is -7.24. The number of carbonyl (C=O) groups is 4. The van der Waals surface area contributed by atoms with Gasteiger partial charge in [-0.25, -0.2) is 4.99 Å². The van der Waals surface area contributed by atoms with Crippen LogP contribution < -0.4 is 27.0 Å². The Kier molecular flexibility index (Phi) is 18.7. The number of primary amides is 1. The summed E-state index contributed by atoms with van der Waals surface area (Å²) in [5, 5.41) is 24.3. The normalized spacial score (nSPS) is 13.1. The summed E-state index contributed by atoms with van der Waals surface area (Å²) >= 11 is 0.